The van der Waals surface area contributed by atoms with Gasteiger partial charge in [-0.1, -0.05) is 18.2 Å². The van der Waals surface area contributed by atoms with E-state index in [9.17, 15) is 33.1 Å². The van der Waals surface area contributed by atoms with Crippen LogP contribution in [0.25, 0.3) is 5.69 Å². The zero-order valence-corrected chi connectivity index (χ0v) is 14.7. The zero-order valence-electron chi connectivity index (χ0n) is 14.7. The van der Waals surface area contributed by atoms with Crippen molar-refractivity contribution in [1.82, 2.24) is 9.55 Å². The summed E-state index contributed by atoms with van der Waals surface area (Å²) in [7, 11) is 0. The van der Waals surface area contributed by atoms with Crippen molar-refractivity contribution in [1.29, 1.82) is 5.26 Å². The molecule has 1 aromatic heterocycles. The molecule has 0 unspecified atom stereocenters. The number of halogens is 3. The van der Waals surface area contributed by atoms with Gasteiger partial charge in [0.25, 0.3) is 5.56 Å². The van der Waals surface area contributed by atoms with E-state index >= 15 is 0 Å². The fourth-order valence-electron chi connectivity index (χ4n) is 2.57. The van der Waals surface area contributed by atoms with Crippen molar-refractivity contribution in [2.24, 2.45) is 0 Å². The van der Waals surface area contributed by atoms with Gasteiger partial charge in [0.15, 0.2) is 0 Å². The molecule has 3 rings (SSSR count). The molecule has 10 heteroatoms. The van der Waals surface area contributed by atoms with Crippen molar-refractivity contribution in [2.75, 3.05) is 0 Å². The highest BCUT2D eigenvalue weighted by atomic mass is 19.4. The highest BCUT2D eigenvalue weighted by molar-refractivity contribution is 5.59. The monoisotopic (exact) mass is 403 g/mol. The maximum Gasteiger partial charge on any atom is 0.431 e. The zero-order chi connectivity index (χ0) is 21.3. The highest BCUT2D eigenvalue weighted by Gasteiger charge is 2.33. The first-order valence-corrected chi connectivity index (χ1v) is 8.06. The number of phenols is 1. The Balaban J connectivity index is 2.20. The third-order valence-electron chi connectivity index (χ3n) is 3.99. The van der Waals surface area contributed by atoms with Crippen LogP contribution in [0.1, 0.15) is 16.8 Å². The third-order valence-corrected chi connectivity index (χ3v) is 3.99. The van der Waals surface area contributed by atoms with Crippen LogP contribution < -0.4 is 16.0 Å². The Kier molecular flexibility index (Phi) is 4.90. The van der Waals surface area contributed by atoms with Gasteiger partial charge in [0, 0.05) is 18.2 Å². The number of H-pyrrole nitrogens is 1. The van der Waals surface area contributed by atoms with Crippen molar-refractivity contribution in [3.05, 3.63) is 80.1 Å². The first kappa shape index (κ1) is 19.8. The standard InChI is InChI=1S/C19H12F3N3O4/c1-10-4-2-3-5-14(10)29-15-7-12(13(26)6-11(15)9-23)25-17(27)8-16(19(20,21)22)24-18(25)28/h2-8,26H,1H3,(H,24,28). The van der Waals surface area contributed by atoms with Crippen LogP contribution in [0.4, 0.5) is 13.2 Å². The van der Waals surface area contributed by atoms with Crippen molar-refractivity contribution in [3.8, 4) is 29.0 Å². The largest absolute Gasteiger partial charge is 0.506 e. The van der Waals surface area contributed by atoms with E-state index in [-0.39, 0.29) is 17.4 Å². The number of ether oxygens (including phenoxy) is 1. The minimum atomic E-state index is -4.93. The van der Waals surface area contributed by atoms with E-state index < -0.39 is 34.6 Å². The third kappa shape index (κ3) is 3.84. The van der Waals surface area contributed by atoms with Crippen LogP contribution in [-0.2, 0) is 6.18 Å². The Morgan fingerprint density at radius 2 is 1.83 bits per heavy atom. The summed E-state index contributed by atoms with van der Waals surface area (Å²) >= 11 is 0. The van der Waals surface area contributed by atoms with Gasteiger partial charge < -0.3 is 14.8 Å². The van der Waals surface area contributed by atoms with Crippen LogP contribution in [0.2, 0.25) is 0 Å². The number of aryl methyl sites for hydroxylation is 1. The van der Waals surface area contributed by atoms with Crippen LogP contribution in [0.15, 0.2) is 52.1 Å². The van der Waals surface area contributed by atoms with Gasteiger partial charge in [-0.2, -0.15) is 18.4 Å². The molecule has 0 saturated heterocycles. The second kappa shape index (κ2) is 7.20. The molecular formula is C19H12F3N3O4. The van der Waals surface area contributed by atoms with Crippen molar-refractivity contribution >= 4 is 0 Å². The topological polar surface area (TPSA) is 108 Å². The lowest BCUT2D eigenvalue weighted by Crippen LogP contribution is -2.35. The number of nitrogens with zero attached hydrogens (tertiary/aromatic N) is 2. The van der Waals surface area contributed by atoms with E-state index in [0.717, 1.165) is 17.7 Å². The molecule has 0 bridgehead atoms. The summed E-state index contributed by atoms with van der Waals surface area (Å²) in [5.41, 5.74) is -4.07. The molecule has 0 spiro atoms. The molecule has 0 saturated carbocycles. The van der Waals surface area contributed by atoms with Gasteiger partial charge >= 0.3 is 11.9 Å². The van der Waals surface area contributed by atoms with E-state index in [1.165, 1.54) is 0 Å². The normalized spacial score (nSPS) is 11.1. The number of para-hydroxylation sites is 1. The SMILES string of the molecule is Cc1ccccc1Oc1cc(-n2c(=O)cc(C(F)(F)F)[nH]c2=O)c(O)cc1C#N. The number of nitriles is 1. The number of phenolic OH excluding ortho intramolecular Hbond substituents is 1. The molecular weight excluding hydrogens is 391 g/mol. The number of benzene rings is 2. The maximum absolute atomic E-state index is 12.8. The highest BCUT2D eigenvalue weighted by Crippen LogP contribution is 2.33. The predicted molar refractivity (Wildman–Crippen MR) is 95.3 cm³/mol. The van der Waals surface area contributed by atoms with Gasteiger partial charge in [-0.3, -0.25) is 4.79 Å². The molecule has 0 fully saturated rings. The number of rotatable bonds is 3. The van der Waals surface area contributed by atoms with Gasteiger partial charge in [-0.25, -0.2) is 9.36 Å². The van der Waals surface area contributed by atoms with Gasteiger partial charge in [-0.15, -0.1) is 0 Å². The van der Waals surface area contributed by atoms with Crippen molar-refractivity contribution in [3.63, 3.8) is 0 Å². The summed E-state index contributed by atoms with van der Waals surface area (Å²) in [6.07, 6.45) is -4.93. The molecule has 2 aromatic carbocycles. The van der Waals surface area contributed by atoms with Crippen LogP contribution in [0.5, 0.6) is 17.2 Å². The van der Waals surface area contributed by atoms with E-state index in [1.54, 1.807) is 42.2 Å². The van der Waals surface area contributed by atoms with Crippen LogP contribution in [-0.4, -0.2) is 14.7 Å². The molecule has 148 valence electrons. The lowest BCUT2D eigenvalue weighted by Gasteiger charge is -2.14. The van der Waals surface area contributed by atoms with E-state index in [0.29, 0.717) is 10.3 Å². The van der Waals surface area contributed by atoms with Crippen molar-refractivity contribution in [2.45, 2.75) is 13.1 Å². The average Bonchev–Trinajstić information content (AvgIpc) is 2.64. The Bertz CT molecular complexity index is 1220. The Labute approximate surface area is 160 Å². The average molecular weight is 403 g/mol. The van der Waals surface area contributed by atoms with E-state index in [1.807, 2.05) is 0 Å². The molecule has 0 aliphatic rings. The van der Waals surface area contributed by atoms with Crippen LogP contribution >= 0.6 is 0 Å². The molecule has 29 heavy (non-hydrogen) atoms. The molecule has 0 aliphatic carbocycles. The summed E-state index contributed by atoms with van der Waals surface area (Å²) in [4.78, 5) is 25.8. The quantitative estimate of drug-likeness (QED) is 0.698. The van der Waals surface area contributed by atoms with Crippen LogP contribution in [0, 0.1) is 18.3 Å². The molecule has 3 aromatic rings. The van der Waals surface area contributed by atoms with Crippen molar-refractivity contribution < 1.29 is 23.0 Å². The molecule has 0 atom stereocenters. The summed E-state index contributed by atoms with van der Waals surface area (Å²) in [6, 6.07) is 10.8. The number of nitrogens with one attached hydrogen (secondary N) is 1. The number of hydrogen-bond acceptors (Lipinski definition) is 5. The second-order valence-corrected chi connectivity index (χ2v) is 5.98. The molecule has 0 amide bonds. The number of aromatic hydroxyl groups is 1. The molecule has 0 aliphatic heterocycles. The Hall–Kier alpha value is -4.00. The van der Waals surface area contributed by atoms with Gasteiger partial charge in [0.2, 0.25) is 0 Å². The second-order valence-electron chi connectivity index (χ2n) is 5.98. The summed E-state index contributed by atoms with van der Waals surface area (Å²) < 4.78 is 44.3. The molecule has 2 N–H and O–H groups in total. The predicted octanol–water partition coefficient (Wildman–Crippen LogP) is 3.22. The first-order valence-electron chi connectivity index (χ1n) is 8.06. The van der Waals surface area contributed by atoms with Gasteiger partial charge in [0.05, 0.1) is 11.3 Å². The first-order chi connectivity index (χ1) is 13.6. The molecule has 7 nitrogen and oxygen atoms in total. The number of alkyl halides is 3. The fraction of sp³-hybridized carbons (Fsp3) is 0.105. The van der Waals surface area contributed by atoms with Gasteiger partial charge in [-0.05, 0) is 18.6 Å². The maximum atomic E-state index is 12.8. The fourth-order valence-corrected chi connectivity index (χ4v) is 2.57. The van der Waals surface area contributed by atoms with E-state index in [2.05, 4.69) is 0 Å². The lowest BCUT2D eigenvalue weighted by molar-refractivity contribution is -0.141. The van der Waals surface area contributed by atoms with Gasteiger partial charge in [0.1, 0.15) is 29.0 Å². The number of hydrogen-bond donors (Lipinski definition) is 2. The smallest absolute Gasteiger partial charge is 0.431 e. The Morgan fingerprint density at radius 3 is 2.41 bits per heavy atom. The van der Waals surface area contributed by atoms with E-state index in [4.69, 9.17) is 4.74 Å². The minimum Gasteiger partial charge on any atom is -0.506 e. The minimum absolute atomic E-state index is 0.0965. The summed E-state index contributed by atoms with van der Waals surface area (Å²) in [5.74, 6) is -0.388. The Morgan fingerprint density at radius 1 is 1.14 bits per heavy atom. The molecule has 1 heterocycles. The number of aromatic amines is 1. The molecule has 0 radical (unpaired) electrons. The summed E-state index contributed by atoms with van der Waals surface area (Å²) in [5, 5.41) is 19.4. The number of aromatic nitrogens is 2. The van der Waals surface area contributed by atoms with Crippen LogP contribution in [0.3, 0.4) is 0 Å². The lowest BCUT2D eigenvalue weighted by atomic mass is 10.1. The summed E-state index contributed by atoms with van der Waals surface area (Å²) in [6.45, 7) is 1.74.